The van der Waals surface area contributed by atoms with Crippen molar-refractivity contribution in [1.82, 2.24) is 0 Å². The predicted molar refractivity (Wildman–Crippen MR) is 127 cm³/mol. The largest absolute Gasteiger partial charge is 0.350 e. The van der Waals surface area contributed by atoms with Gasteiger partial charge in [-0.15, -0.1) is 0 Å². The van der Waals surface area contributed by atoms with Gasteiger partial charge in [0.05, 0.1) is 11.3 Å². The Hall–Kier alpha value is -3.08. The molecule has 0 bridgehead atoms. The van der Waals surface area contributed by atoms with Gasteiger partial charge < -0.3 is 5.32 Å². The van der Waals surface area contributed by atoms with E-state index in [9.17, 15) is 9.59 Å². The molecule has 6 heteroatoms. The van der Waals surface area contributed by atoms with Crippen molar-refractivity contribution in [3.8, 4) is 0 Å². The second-order valence-electron chi connectivity index (χ2n) is 7.53. The average Bonchev–Trinajstić information content (AvgIpc) is 2.96. The highest BCUT2D eigenvalue weighted by Gasteiger charge is 2.41. The number of hydrogen-bond donors (Lipinski definition) is 1. The molecule has 0 aromatic heterocycles. The smallest absolute Gasteiger partial charge is 0.282 e. The van der Waals surface area contributed by atoms with Gasteiger partial charge in [-0.1, -0.05) is 59.1 Å². The molecule has 4 rings (SSSR count). The fourth-order valence-corrected chi connectivity index (χ4v) is 4.00. The summed E-state index contributed by atoms with van der Waals surface area (Å²) >= 11 is 12.3. The van der Waals surface area contributed by atoms with Crippen molar-refractivity contribution in [3.05, 3.63) is 98.7 Å². The van der Waals surface area contributed by atoms with Gasteiger partial charge in [-0.05, 0) is 67.8 Å². The SMILES string of the molecule is Cc1ccc(C2=C(Nc3cccc(Cl)c3C)C(=O)N(c3ccc(Cl)cc3C)C2=O)cc1. The predicted octanol–water partition coefficient (Wildman–Crippen LogP) is 6.32. The van der Waals surface area contributed by atoms with Crippen molar-refractivity contribution < 1.29 is 9.59 Å². The van der Waals surface area contributed by atoms with Gasteiger partial charge in [-0.3, -0.25) is 9.59 Å². The summed E-state index contributed by atoms with van der Waals surface area (Å²) in [7, 11) is 0. The lowest BCUT2D eigenvalue weighted by Crippen LogP contribution is -2.33. The van der Waals surface area contributed by atoms with Crippen LogP contribution >= 0.6 is 23.2 Å². The molecule has 0 fully saturated rings. The number of carbonyl (C=O) groups excluding carboxylic acids is 2. The maximum absolute atomic E-state index is 13.5. The number of carbonyl (C=O) groups is 2. The average molecular weight is 451 g/mol. The van der Waals surface area contributed by atoms with Gasteiger partial charge in [-0.2, -0.15) is 0 Å². The van der Waals surface area contributed by atoms with Gasteiger partial charge in [0.2, 0.25) is 0 Å². The monoisotopic (exact) mass is 450 g/mol. The number of benzene rings is 3. The molecule has 3 aromatic rings. The van der Waals surface area contributed by atoms with E-state index in [-0.39, 0.29) is 11.6 Å². The van der Waals surface area contributed by atoms with Crippen LogP contribution in [0.15, 0.2) is 66.4 Å². The lowest BCUT2D eigenvalue weighted by molar-refractivity contribution is -0.120. The molecule has 4 nitrogen and oxygen atoms in total. The van der Waals surface area contributed by atoms with Gasteiger partial charge in [0.25, 0.3) is 11.8 Å². The summed E-state index contributed by atoms with van der Waals surface area (Å²) in [5.74, 6) is -0.813. The lowest BCUT2D eigenvalue weighted by atomic mass is 10.0. The number of anilines is 2. The molecule has 31 heavy (non-hydrogen) atoms. The van der Waals surface area contributed by atoms with Crippen molar-refractivity contribution in [3.63, 3.8) is 0 Å². The summed E-state index contributed by atoms with van der Waals surface area (Å²) in [6.45, 7) is 5.65. The van der Waals surface area contributed by atoms with Crippen molar-refractivity contribution in [2.75, 3.05) is 10.2 Å². The van der Waals surface area contributed by atoms with Crippen molar-refractivity contribution >= 4 is 52.0 Å². The number of amides is 2. The summed E-state index contributed by atoms with van der Waals surface area (Å²) in [6.07, 6.45) is 0. The first-order chi connectivity index (χ1) is 14.8. The minimum absolute atomic E-state index is 0.216. The molecule has 0 radical (unpaired) electrons. The normalized spacial score (nSPS) is 13.9. The topological polar surface area (TPSA) is 49.4 Å². The molecule has 0 spiro atoms. The molecule has 1 N–H and O–H groups in total. The maximum atomic E-state index is 13.5. The number of imide groups is 1. The van der Waals surface area contributed by atoms with Crippen LogP contribution in [-0.2, 0) is 9.59 Å². The zero-order valence-corrected chi connectivity index (χ0v) is 18.8. The van der Waals surface area contributed by atoms with Crippen molar-refractivity contribution in [2.24, 2.45) is 0 Å². The Kier molecular flexibility index (Phi) is 5.61. The molecule has 0 aliphatic carbocycles. The Morgan fingerprint density at radius 1 is 0.839 bits per heavy atom. The number of halogens is 2. The van der Waals surface area contributed by atoms with Crippen LogP contribution in [0.25, 0.3) is 5.57 Å². The summed E-state index contributed by atoms with van der Waals surface area (Å²) in [5, 5.41) is 4.30. The Bertz CT molecular complexity index is 1250. The van der Waals surface area contributed by atoms with E-state index in [2.05, 4.69) is 5.32 Å². The molecule has 1 aliphatic rings. The van der Waals surface area contributed by atoms with Crippen LogP contribution < -0.4 is 10.2 Å². The second-order valence-corrected chi connectivity index (χ2v) is 8.37. The standard InChI is InChI=1S/C25H20Cl2N2O2/c1-14-7-9-17(10-8-14)22-23(28-20-6-4-5-19(27)16(20)3)25(31)29(24(22)30)21-12-11-18(26)13-15(21)2/h4-13,28H,1-3H3. The van der Waals surface area contributed by atoms with Gasteiger partial charge in [0, 0.05) is 15.7 Å². The molecule has 0 saturated carbocycles. The van der Waals surface area contributed by atoms with Crippen LogP contribution in [0.5, 0.6) is 0 Å². The van der Waals surface area contributed by atoms with E-state index in [4.69, 9.17) is 23.2 Å². The zero-order chi connectivity index (χ0) is 22.3. The lowest BCUT2D eigenvalue weighted by Gasteiger charge is -2.18. The molecule has 1 heterocycles. The second kappa shape index (κ2) is 8.22. The maximum Gasteiger partial charge on any atom is 0.282 e. The van der Waals surface area contributed by atoms with Gasteiger partial charge in [0.15, 0.2) is 0 Å². The van der Waals surface area contributed by atoms with Crippen LogP contribution in [0, 0.1) is 20.8 Å². The van der Waals surface area contributed by atoms with Crippen LogP contribution in [-0.4, -0.2) is 11.8 Å². The van der Waals surface area contributed by atoms with E-state index in [1.807, 2.05) is 51.1 Å². The first-order valence-electron chi connectivity index (χ1n) is 9.76. The Balaban J connectivity index is 1.87. The number of nitrogens with one attached hydrogen (secondary N) is 1. The molecule has 3 aromatic carbocycles. The van der Waals surface area contributed by atoms with E-state index >= 15 is 0 Å². The molecule has 1 aliphatic heterocycles. The number of hydrogen-bond acceptors (Lipinski definition) is 3. The van der Waals surface area contributed by atoms with Crippen molar-refractivity contribution in [1.29, 1.82) is 0 Å². The highest BCUT2D eigenvalue weighted by atomic mass is 35.5. The third-order valence-electron chi connectivity index (χ3n) is 5.35. The molecule has 2 amide bonds. The number of rotatable bonds is 4. The van der Waals surface area contributed by atoms with Crippen molar-refractivity contribution in [2.45, 2.75) is 20.8 Å². The van der Waals surface area contributed by atoms with E-state index in [0.29, 0.717) is 32.6 Å². The fraction of sp³-hybridized carbons (Fsp3) is 0.120. The quantitative estimate of drug-likeness (QED) is 0.473. The zero-order valence-electron chi connectivity index (χ0n) is 17.3. The summed E-state index contributed by atoms with van der Waals surface area (Å²) in [6, 6.07) is 18.0. The third kappa shape index (κ3) is 3.85. The number of aryl methyl sites for hydroxylation is 2. The van der Waals surface area contributed by atoms with E-state index in [1.165, 1.54) is 4.90 Å². The molecule has 156 valence electrons. The molecular weight excluding hydrogens is 431 g/mol. The fourth-order valence-electron chi connectivity index (χ4n) is 3.60. The molecule has 0 saturated heterocycles. The van der Waals surface area contributed by atoms with Gasteiger partial charge >= 0.3 is 0 Å². The van der Waals surface area contributed by atoms with E-state index < -0.39 is 5.91 Å². The van der Waals surface area contributed by atoms with Crippen LogP contribution in [0.2, 0.25) is 10.0 Å². The highest BCUT2D eigenvalue weighted by Crippen LogP contribution is 2.36. The Morgan fingerprint density at radius 2 is 1.55 bits per heavy atom. The van der Waals surface area contributed by atoms with Crippen LogP contribution in [0.1, 0.15) is 22.3 Å². The first-order valence-corrected chi connectivity index (χ1v) is 10.5. The summed E-state index contributed by atoms with van der Waals surface area (Å²) < 4.78 is 0. The number of nitrogens with zero attached hydrogens (tertiary/aromatic N) is 1. The Morgan fingerprint density at radius 3 is 2.23 bits per heavy atom. The molecular formula is C25H20Cl2N2O2. The summed E-state index contributed by atoms with van der Waals surface area (Å²) in [5.41, 5.74) is 4.96. The molecule has 0 atom stereocenters. The van der Waals surface area contributed by atoms with Crippen LogP contribution in [0.3, 0.4) is 0 Å². The van der Waals surface area contributed by atoms with Gasteiger partial charge in [0.1, 0.15) is 5.70 Å². The van der Waals surface area contributed by atoms with Crippen LogP contribution in [0.4, 0.5) is 11.4 Å². The third-order valence-corrected chi connectivity index (χ3v) is 6.00. The minimum Gasteiger partial charge on any atom is -0.350 e. The van der Waals surface area contributed by atoms with E-state index in [1.54, 1.807) is 30.3 Å². The minimum atomic E-state index is -0.426. The Labute approximate surface area is 191 Å². The molecule has 0 unspecified atom stereocenters. The highest BCUT2D eigenvalue weighted by molar-refractivity contribution is 6.46. The summed E-state index contributed by atoms with van der Waals surface area (Å²) in [4.78, 5) is 28.3. The first kappa shape index (κ1) is 21.2. The van der Waals surface area contributed by atoms with E-state index in [0.717, 1.165) is 16.7 Å². The van der Waals surface area contributed by atoms with Gasteiger partial charge in [-0.25, -0.2) is 4.90 Å².